The third-order valence-electron chi connectivity index (χ3n) is 9.76. The number of aliphatic hydroxyl groups is 2. The fourth-order valence-corrected chi connectivity index (χ4v) is 6.02. The van der Waals surface area contributed by atoms with Crippen LogP contribution in [-0.4, -0.2) is 82.0 Å². The Morgan fingerprint density at radius 3 is 1.60 bits per heavy atom. The van der Waals surface area contributed by atoms with Gasteiger partial charge in [0, 0.05) is 36.4 Å². The Hall–Kier alpha value is -7.81. The number of hydrogen-bond acceptors (Lipinski definition) is 16. The van der Waals surface area contributed by atoms with E-state index in [2.05, 4.69) is 41.9 Å². The third kappa shape index (κ3) is 34.7. The minimum atomic E-state index is -0.985. The largest absolute Gasteiger partial charge is 0.514 e. The van der Waals surface area contributed by atoms with Crippen LogP contribution in [0, 0.1) is 5.92 Å². The second-order valence-corrected chi connectivity index (χ2v) is 19.6. The topological polar surface area (TPSA) is 314 Å². The predicted molar refractivity (Wildman–Crippen MR) is 298 cm³/mol. The lowest BCUT2D eigenvalue weighted by Crippen LogP contribution is -2.24. The molecule has 0 unspecified atom stereocenters. The molecule has 4 rings (SSSR count). The number of rotatable bonds is 23. The van der Waals surface area contributed by atoms with E-state index in [0.717, 1.165) is 41.6 Å². The van der Waals surface area contributed by atoms with Gasteiger partial charge < -0.3 is 66.4 Å². The maximum atomic E-state index is 12.2. The van der Waals surface area contributed by atoms with Crippen molar-refractivity contribution in [2.45, 2.75) is 144 Å². The van der Waals surface area contributed by atoms with Crippen molar-refractivity contribution in [1.82, 2.24) is 5.32 Å². The average Bonchev–Trinajstić information content (AvgIpc) is 3.38. The number of nitrogens with one attached hydrogen (secondary N) is 3. The Morgan fingerprint density at radius 2 is 1.12 bits per heavy atom. The summed E-state index contributed by atoms with van der Waals surface area (Å²) in [7, 11) is 1.47. The SMILES string of the molecule is CC(C)(C)OC(=O)CCC(=O)Nc1ccc(CO)cc1.CC(C)(C)OC(=O)CCC(=O)O.COc1cc(CNC(=O)CCCC/C=C/C(C)C)ccc1OC(=O)OCc1ccc(NC(=O)CN)cc1.Nc1ccc(CO)cc1. The van der Waals surface area contributed by atoms with Gasteiger partial charge in [0.05, 0.1) is 46.1 Å². The number of hydrogen-bond donors (Lipinski definition) is 8. The van der Waals surface area contributed by atoms with E-state index < -0.39 is 29.3 Å². The highest BCUT2D eigenvalue weighted by Crippen LogP contribution is 2.29. The van der Waals surface area contributed by atoms with Gasteiger partial charge in [0.25, 0.3) is 0 Å². The van der Waals surface area contributed by atoms with Crippen molar-refractivity contribution in [3.63, 3.8) is 0 Å². The third-order valence-corrected chi connectivity index (χ3v) is 9.76. The van der Waals surface area contributed by atoms with E-state index in [1.54, 1.807) is 133 Å². The number of unbranched alkanes of at least 4 members (excludes halogenated alkanes) is 2. The Balaban J connectivity index is 0.000000612. The summed E-state index contributed by atoms with van der Waals surface area (Å²) in [4.78, 5) is 79.7. The summed E-state index contributed by atoms with van der Waals surface area (Å²) in [6.07, 6.45) is 6.62. The van der Waals surface area contributed by atoms with Gasteiger partial charge in [-0.1, -0.05) is 68.5 Å². The second-order valence-electron chi connectivity index (χ2n) is 19.6. The summed E-state index contributed by atoms with van der Waals surface area (Å²) in [6.45, 7) is 15.1. The van der Waals surface area contributed by atoms with E-state index >= 15 is 0 Å². The lowest BCUT2D eigenvalue weighted by atomic mass is 10.1. The van der Waals surface area contributed by atoms with Crippen molar-refractivity contribution in [3.8, 4) is 11.5 Å². The number of ether oxygens (including phenoxy) is 5. The van der Waals surface area contributed by atoms with Crippen LogP contribution in [0.15, 0.2) is 103 Å². The molecule has 20 heteroatoms. The number of methoxy groups -OCH3 is 1. The van der Waals surface area contributed by atoms with Crippen molar-refractivity contribution in [2.24, 2.45) is 11.7 Å². The van der Waals surface area contributed by atoms with Crippen LogP contribution in [0.25, 0.3) is 0 Å². The number of esters is 2. The number of amides is 3. The molecule has 0 aliphatic rings. The molecule has 0 aliphatic carbocycles. The zero-order valence-corrected chi connectivity index (χ0v) is 46.5. The number of carbonyl (C=O) groups excluding carboxylic acids is 6. The van der Waals surface area contributed by atoms with Gasteiger partial charge in [0.2, 0.25) is 17.7 Å². The van der Waals surface area contributed by atoms with Gasteiger partial charge in [-0.05, 0) is 138 Å². The molecule has 0 bridgehead atoms. The minimum absolute atomic E-state index is 0.00879. The summed E-state index contributed by atoms with van der Waals surface area (Å²) in [5.41, 5.74) is 14.8. The number of nitrogens with two attached hydrogens (primary N) is 2. The first-order valence-corrected chi connectivity index (χ1v) is 25.4. The van der Waals surface area contributed by atoms with Crippen LogP contribution in [0.1, 0.15) is 129 Å². The first-order chi connectivity index (χ1) is 36.7. The minimum Gasteiger partial charge on any atom is -0.493 e. The van der Waals surface area contributed by atoms with Crippen molar-refractivity contribution in [2.75, 3.05) is 30.0 Å². The quantitative estimate of drug-likeness (QED) is 0.00858. The van der Waals surface area contributed by atoms with Gasteiger partial charge in [0.15, 0.2) is 11.5 Å². The van der Waals surface area contributed by atoms with Crippen LogP contribution in [0.4, 0.5) is 21.9 Å². The Morgan fingerprint density at radius 1 is 0.615 bits per heavy atom. The molecule has 4 aromatic carbocycles. The zero-order chi connectivity index (χ0) is 58.7. The number of aliphatic hydroxyl groups excluding tert-OH is 2. The fraction of sp³-hybridized carbons (Fsp3) is 0.431. The zero-order valence-electron chi connectivity index (χ0n) is 46.5. The number of carbonyl (C=O) groups is 7. The maximum absolute atomic E-state index is 12.2. The van der Waals surface area contributed by atoms with E-state index in [0.29, 0.717) is 41.6 Å². The molecule has 4 aromatic rings. The van der Waals surface area contributed by atoms with E-state index in [1.165, 1.54) is 7.11 Å². The molecule has 3 amide bonds. The molecular weight excluding hydrogens is 1010 g/mol. The van der Waals surface area contributed by atoms with Crippen LogP contribution in [0.2, 0.25) is 0 Å². The molecule has 20 nitrogen and oxygen atoms in total. The molecule has 0 fully saturated rings. The van der Waals surface area contributed by atoms with Crippen LogP contribution in [0.3, 0.4) is 0 Å². The molecule has 0 aromatic heterocycles. The van der Waals surface area contributed by atoms with Crippen LogP contribution in [-0.2, 0) is 69.3 Å². The van der Waals surface area contributed by atoms with Gasteiger partial charge >= 0.3 is 24.1 Å². The summed E-state index contributed by atoms with van der Waals surface area (Å²) in [5, 5.41) is 34.0. The van der Waals surface area contributed by atoms with E-state index in [4.69, 9.17) is 50.5 Å². The molecule has 0 aliphatic heterocycles. The molecule has 0 saturated heterocycles. The predicted octanol–water partition coefficient (Wildman–Crippen LogP) is 8.89. The molecule has 0 spiro atoms. The van der Waals surface area contributed by atoms with Crippen LogP contribution in [0.5, 0.6) is 11.5 Å². The number of allylic oxidation sites excluding steroid dienone is 2. The van der Waals surface area contributed by atoms with Gasteiger partial charge in [-0.15, -0.1) is 0 Å². The van der Waals surface area contributed by atoms with Crippen molar-refractivity contribution in [1.29, 1.82) is 0 Å². The summed E-state index contributed by atoms with van der Waals surface area (Å²) in [5.74, 6) is -1.29. The monoisotopic (exact) mass is 1090 g/mol. The number of carboxylic acid groups (broad SMARTS) is 1. The Kier molecular flexibility index (Phi) is 32.4. The molecule has 0 radical (unpaired) electrons. The molecule has 78 heavy (non-hydrogen) atoms. The number of anilines is 3. The first kappa shape index (κ1) is 68.2. The molecular formula is C58H81N5O15. The lowest BCUT2D eigenvalue weighted by Gasteiger charge is -2.19. The highest BCUT2D eigenvalue weighted by Gasteiger charge is 2.18. The van der Waals surface area contributed by atoms with Crippen LogP contribution >= 0.6 is 0 Å². The number of carboxylic acids is 1. The van der Waals surface area contributed by atoms with Gasteiger partial charge in [0.1, 0.15) is 17.8 Å². The van der Waals surface area contributed by atoms with Gasteiger partial charge in [-0.25, -0.2) is 4.79 Å². The van der Waals surface area contributed by atoms with Crippen molar-refractivity contribution < 1.29 is 72.6 Å². The number of nitrogen functional groups attached to an aromatic ring is 1. The fourth-order valence-electron chi connectivity index (χ4n) is 6.02. The van der Waals surface area contributed by atoms with E-state index in [1.807, 2.05) is 0 Å². The highest BCUT2D eigenvalue weighted by atomic mass is 16.7. The summed E-state index contributed by atoms with van der Waals surface area (Å²) >= 11 is 0. The molecule has 10 N–H and O–H groups in total. The summed E-state index contributed by atoms with van der Waals surface area (Å²) in [6, 6.07) is 25.8. The number of aliphatic carboxylic acids is 1. The van der Waals surface area contributed by atoms with Crippen molar-refractivity contribution >= 4 is 58.8 Å². The second kappa shape index (κ2) is 37.0. The maximum Gasteiger partial charge on any atom is 0.514 e. The van der Waals surface area contributed by atoms with Crippen molar-refractivity contribution in [3.05, 3.63) is 125 Å². The summed E-state index contributed by atoms with van der Waals surface area (Å²) < 4.78 is 25.8. The normalized spacial score (nSPS) is 10.7. The van der Waals surface area contributed by atoms with Gasteiger partial charge in [-0.2, -0.15) is 0 Å². The van der Waals surface area contributed by atoms with Gasteiger partial charge in [-0.3, -0.25) is 28.8 Å². The number of benzene rings is 4. The Bertz CT molecular complexity index is 2480. The highest BCUT2D eigenvalue weighted by molar-refractivity contribution is 5.93. The average molecular weight is 1090 g/mol. The van der Waals surface area contributed by atoms with E-state index in [9.17, 15) is 33.6 Å². The molecule has 0 saturated carbocycles. The van der Waals surface area contributed by atoms with E-state index in [-0.39, 0.29) is 81.5 Å². The first-order valence-electron chi connectivity index (χ1n) is 25.4. The standard InChI is InChI=1S/C28H37N3O6.C15H21NO4.C8H14O4.C7H9NO/c1-20(2)8-6-4-5-7-9-26(32)30-18-22-12-15-24(25(16-22)35-3)37-28(34)36-19-21-10-13-23(14-11-21)31-27(33)17-29;1-15(2,3)20-14(19)9-8-13(18)16-12-6-4-11(10-17)5-7-12;1-8(2,3)12-7(11)5-4-6(9)10;8-7-3-1-6(5-9)2-4-7/h6,8,10-16,20H,4-5,7,9,17-19,29H2,1-3H3,(H,30,32)(H,31,33);4-7,17H,8-10H2,1-3H3,(H,16,18);4-5H2,1-3H3,(H,9,10);1-4,9H,5,8H2/b8-6+;;;. The molecule has 428 valence electrons. The van der Waals surface area contributed by atoms with Crippen LogP contribution < -0.4 is 36.9 Å². The molecule has 0 heterocycles. The Labute approximate surface area is 458 Å². The lowest BCUT2D eigenvalue weighted by molar-refractivity contribution is -0.157. The smallest absolute Gasteiger partial charge is 0.493 e. The molecule has 0 atom stereocenters.